The Kier molecular flexibility index (Phi) is 5.15. The molecule has 0 saturated carbocycles. The van der Waals surface area contributed by atoms with Crippen LogP contribution in [0, 0.1) is 6.92 Å². The van der Waals surface area contributed by atoms with Crippen LogP contribution in [-0.4, -0.2) is 34.6 Å². The number of halogens is 1. The number of rotatable bonds is 4. The van der Waals surface area contributed by atoms with Gasteiger partial charge >= 0.3 is 0 Å². The van der Waals surface area contributed by atoms with Crippen LogP contribution in [0.2, 0.25) is 5.02 Å². The maximum atomic E-state index is 12.0. The van der Waals surface area contributed by atoms with E-state index in [1.54, 1.807) is 12.1 Å². The van der Waals surface area contributed by atoms with Gasteiger partial charge in [0.05, 0.1) is 23.9 Å². The van der Waals surface area contributed by atoms with Crippen LogP contribution in [0.15, 0.2) is 29.4 Å². The summed E-state index contributed by atoms with van der Waals surface area (Å²) in [6.45, 7) is 1.85. The van der Waals surface area contributed by atoms with Crippen LogP contribution in [0.25, 0.3) is 0 Å². The van der Waals surface area contributed by atoms with Gasteiger partial charge in [0.15, 0.2) is 11.5 Å². The van der Waals surface area contributed by atoms with Crippen LogP contribution in [0.3, 0.4) is 0 Å². The second-order valence-corrected chi connectivity index (χ2v) is 5.33. The van der Waals surface area contributed by atoms with E-state index in [2.05, 4.69) is 10.5 Å². The Bertz CT molecular complexity index is 821. The van der Waals surface area contributed by atoms with Crippen LogP contribution in [0.1, 0.15) is 21.5 Å². The fourth-order valence-electron chi connectivity index (χ4n) is 2.04. The minimum Gasteiger partial charge on any atom is -0.507 e. The molecule has 24 heavy (non-hydrogen) atoms. The van der Waals surface area contributed by atoms with E-state index in [0.29, 0.717) is 16.3 Å². The zero-order chi connectivity index (χ0) is 17.9. The van der Waals surface area contributed by atoms with Gasteiger partial charge in [0.2, 0.25) is 0 Å². The number of hydrogen-bond donors (Lipinski definition) is 4. The quantitative estimate of drug-likeness (QED) is 0.293. The third-order valence-corrected chi connectivity index (χ3v) is 3.41. The fourth-order valence-corrected chi connectivity index (χ4v) is 2.39. The first-order valence-electron chi connectivity index (χ1n) is 6.76. The lowest BCUT2D eigenvalue weighted by molar-refractivity contribution is 0.0952. The van der Waals surface area contributed by atoms with E-state index in [9.17, 15) is 20.1 Å². The molecule has 0 aromatic heterocycles. The summed E-state index contributed by atoms with van der Waals surface area (Å²) in [5, 5.41) is 32.5. The molecular weight excluding hydrogens is 336 g/mol. The molecular formula is C16H15ClN2O5. The molecule has 0 fully saturated rings. The van der Waals surface area contributed by atoms with E-state index in [0.717, 1.165) is 17.7 Å². The summed E-state index contributed by atoms with van der Waals surface area (Å²) in [5.74, 6) is -1.92. The van der Waals surface area contributed by atoms with Gasteiger partial charge in [-0.25, -0.2) is 5.43 Å². The number of aryl methyl sites for hydroxylation is 1. The Morgan fingerprint density at radius 3 is 2.50 bits per heavy atom. The predicted octanol–water partition coefficient (Wildman–Crippen LogP) is 2.54. The molecule has 0 radical (unpaired) electrons. The molecule has 7 nitrogen and oxygen atoms in total. The van der Waals surface area contributed by atoms with Gasteiger partial charge in [-0.3, -0.25) is 4.79 Å². The summed E-state index contributed by atoms with van der Waals surface area (Å²) in [5.41, 5.74) is 3.41. The van der Waals surface area contributed by atoms with Crippen LogP contribution < -0.4 is 10.2 Å². The third kappa shape index (κ3) is 3.69. The molecule has 0 unspecified atom stereocenters. The minimum absolute atomic E-state index is 0.239. The molecule has 8 heteroatoms. The van der Waals surface area contributed by atoms with E-state index in [4.69, 9.17) is 16.3 Å². The van der Waals surface area contributed by atoms with Crippen molar-refractivity contribution in [1.29, 1.82) is 0 Å². The summed E-state index contributed by atoms with van der Waals surface area (Å²) in [6, 6.07) is 5.29. The number of hydrazone groups is 1. The van der Waals surface area contributed by atoms with Crippen molar-refractivity contribution < 1.29 is 24.9 Å². The number of carbonyl (C=O) groups is 1. The van der Waals surface area contributed by atoms with Gasteiger partial charge in [0.25, 0.3) is 5.91 Å². The second-order valence-electron chi connectivity index (χ2n) is 4.93. The highest BCUT2D eigenvalue weighted by atomic mass is 35.5. The number of hydrogen-bond acceptors (Lipinski definition) is 6. The Morgan fingerprint density at radius 1 is 1.17 bits per heavy atom. The van der Waals surface area contributed by atoms with E-state index in [1.807, 2.05) is 6.92 Å². The van der Waals surface area contributed by atoms with E-state index in [1.165, 1.54) is 13.3 Å². The van der Waals surface area contributed by atoms with Crippen LogP contribution in [0.5, 0.6) is 23.0 Å². The predicted molar refractivity (Wildman–Crippen MR) is 89.2 cm³/mol. The third-order valence-electron chi connectivity index (χ3n) is 3.13. The maximum absolute atomic E-state index is 12.0. The fraction of sp³-hybridized carbons (Fsp3) is 0.125. The van der Waals surface area contributed by atoms with Crippen LogP contribution >= 0.6 is 11.6 Å². The van der Waals surface area contributed by atoms with Gasteiger partial charge in [-0.05, 0) is 24.6 Å². The number of benzene rings is 2. The SMILES string of the molecule is COc1c(Cl)cc(C)cc1/C=N/NC(=O)c1cc(O)c(O)cc1O. The number of carbonyl (C=O) groups excluding carboxylic acids is 1. The Labute approximate surface area is 142 Å². The molecule has 2 aromatic carbocycles. The first-order chi connectivity index (χ1) is 11.3. The lowest BCUT2D eigenvalue weighted by Crippen LogP contribution is -2.17. The average molecular weight is 351 g/mol. The Hall–Kier alpha value is -2.93. The number of ether oxygens (including phenoxy) is 1. The van der Waals surface area contributed by atoms with Crippen molar-refractivity contribution in [3.05, 3.63) is 46.0 Å². The molecule has 126 valence electrons. The summed E-state index contributed by atoms with van der Waals surface area (Å²) >= 11 is 6.07. The highest BCUT2D eigenvalue weighted by Gasteiger charge is 2.14. The van der Waals surface area contributed by atoms with Crippen molar-refractivity contribution in [3.8, 4) is 23.0 Å². The molecule has 4 N–H and O–H groups in total. The van der Waals surface area contributed by atoms with Crippen LogP contribution in [0.4, 0.5) is 0 Å². The topological polar surface area (TPSA) is 111 Å². The van der Waals surface area contributed by atoms with Crippen molar-refractivity contribution in [2.75, 3.05) is 7.11 Å². The standard InChI is InChI=1S/C16H15ClN2O5/c1-8-3-9(15(24-2)11(17)4-8)7-18-19-16(23)10-5-13(21)14(22)6-12(10)20/h3-7,20-22H,1-2H3,(H,19,23)/b18-7+. The Balaban J connectivity index is 2.21. The van der Waals surface area contributed by atoms with Gasteiger partial charge in [-0.2, -0.15) is 5.10 Å². The molecule has 0 aliphatic rings. The Morgan fingerprint density at radius 2 is 1.83 bits per heavy atom. The van der Waals surface area contributed by atoms with Crippen molar-refractivity contribution in [2.24, 2.45) is 5.10 Å². The van der Waals surface area contributed by atoms with Crippen molar-refractivity contribution in [2.45, 2.75) is 6.92 Å². The molecule has 0 aliphatic carbocycles. The number of aromatic hydroxyl groups is 3. The number of amides is 1. The zero-order valence-corrected chi connectivity index (χ0v) is 13.6. The molecule has 0 atom stereocenters. The number of nitrogens with zero attached hydrogens (tertiary/aromatic N) is 1. The maximum Gasteiger partial charge on any atom is 0.275 e. The smallest absolute Gasteiger partial charge is 0.275 e. The number of nitrogens with one attached hydrogen (secondary N) is 1. The van der Waals surface area contributed by atoms with Gasteiger partial charge in [0, 0.05) is 17.7 Å². The molecule has 2 aromatic rings. The van der Waals surface area contributed by atoms with E-state index in [-0.39, 0.29) is 5.56 Å². The molecule has 0 saturated heterocycles. The monoisotopic (exact) mass is 350 g/mol. The second kappa shape index (κ2) is 7.10. The summed E-state index contributed by atoms with van der Waals surface area (Å²) < 4.78 is 5.18. The first-order valence-corrected chi connectivity index (χ1v) is 7.13. The molecule has 2 rings (SSSR count). The largest absolute Gasteiger partial charge is 0.507 e. The summed E-state index contributed by atoms with van der Waals surface area (Å²) in [4.78, 5) is 12.0. The molecule has 0 heterocycles. The van der Waals surface area contributed by atoms with Crippen molar-refractivity contribution >= 4 is 23.7 Å². The van der Waals surface area contributed by atoms with E-state index < -0.39 is 23.2 Å². The van der Waals surface area contributed by atoms with Gasteiger partial charge in [0.1, 0.15) is 11.5 Å². The normalized spacial score (nSPS) is 10.8. The van der Waals surface area contributed by atoms with Gasteiger partial charge in [-0.15, -0.1) is 0 Å². The molecule has 0 spiro atoms. The van der Waals surface area contributed by atoms with Gasteiger partial charge in [-0.1, -0.05) is 11.6 Å². The van der Waals surface area contributed by atoms with E-state index >= 15 is 0 Å². The molecule has 0 bridgehead atoms. The minimum atomic E-state index is -0.767. The van der Waals surface area contributed by atoms with Crippen molar-refractivity contribution in [3.63, 3.8) is 0 Å². The first kappa shape index (κ1) is 17.4. The molecule has 0 aliphatic heterocycles. The average Bonchev–Trinajstić information content (AvgIpc) is 2.50. The number of methoxy groups -OCH3 is 1. The highest BCUT2D eigenvalue weighted by Crippen LogP contribution is 2.32. The lowest BCUT2D eigenvalue weighted by Gasteiger charge is -2.08. The molecule has 1 amide bonds. The summed E-state index contributed by atoms with van der Waals surface area (Å²) in [7, 11) is 1.46. The zero-order valence-electron chi connectivity index (χ0n) is 12.9. The number of phenolic OH excluding ortho intramolecular Hbond substituents is 3. The van der Waals surface area contributed by atoms with Crippen molar-refractivity contribution in [1.82, 2.24) is 5.43 Å². The lowest BCUT2D eigenvalue weighted by atomic mass is 10.1. The number of phenols is 3. The highest BCUT2D eigenvalue weighted by molar-refractivity contribution is 6.32. The van der Waals surface area contributed by atoms with Crippen LogP contribution in [-0.2, 0) is 0 Å². The van der Waals surface area contributed by atoms with Gasteiger partial charge < -0.3 is 20.1 Å². The summed E-state index contributed by atoms with van der Waals surface area (Å²) in [6.07, 6.45) is 1.34.